The summed E-state index contributed by atoms with van der Waals surface area (Å²) in [5.74, 6) is 2.00. The Hall–Kier alpha value is -1.75. The molecule has 0 spiro atoms. The van der Waals surface area contributed by atoms with Crippen LogP contribution in [0.1, 0.15) is 49.6 Å². The molecule has 3 rings (SSSR count). The van der Waals surface area contributed by atoms with Gasteiger partial charge in [-0.3, -0.25) is 4.90 Å². The first-order valence-corrected chi connectivity index (χ1v) is 7.81. The van der Waals surface area contributed by atoms with Crippen molar-refractivity contribution in [2.24, 2.45) is 0 Å². The fourth-order valence-electron chi connectivity index (χ4n) is 3.14. The SMILES string of the molecule is CCn1ccnc1CN1CCCC[C@@H]1c1ccnc(C)n1. The predicted molar refractivity (Wildman–Crippen MR) is 81.7 cm³/mol. The standard InChI is InChI=1S/C16H23N5/c1-3-20-11-9-18-16(20)12-21-10-5-4-6-15(21)14-7-8-17-13(2)19-14/h7-9,11,15H,3-6,10,12H2,1-2H3/t15-/m1/s1. The molecule has 0 unspecified atom stereocenters. The second-order valence-corrected chi connectivity index (χ2v) is 5.64. The predicted octanol–water partition coefficient (Wildman–Crippen LogP) is 2.73. The molecule has 5 heteroatoms. The van der Waals surface area contributed by atoms with E-state index in [9.17, 15) is 0 Å². The van der Waals surface area contributed by atoms with Crippen LogP contribution in [0.4, 0.5) is 0 Å². The van der Waals surface area contributed by atoms with E-state index in [1.165, 1.54) is 19.3 Å². The molecule has 21 heavy (non-hydrogen) atoms. The van der Waals surface area contributed by atoms with E-state index in [1.807, 2.05) is 19.3 Å². The Morgan fingerprint density at radius 2 is 2.14 bits per heavy atom. The summed E-state index contributed by atoms with van der Waals surface area (Å²) < 4.78 is 2.22. The Morgan fingerprint density at radius 1 is 1.24 bits per heavy atom. The van der Waals surface area contributed by atoms with Crippen molar-refractivity contribution >= 4 is 0 Å². The summed E-state index contributed by atoms with van der Waals surface area (Å²) >= 11 is 0. The van der Waals surface area contributed by atoms with E-state index < -0.39 is 0 Å². The van der Waals surface area contributed by atoms with Crippen molar-refractivity contribution in [3.05, 3.63) is 42.0 Å². The van der Waals surface area contributed by atoms with Crippen LogP contribution in [0.15, 0.2) is 24.7 Å². The van der Waals surface area contributed by atoms with Crippen molar-refractivity contribution in [1.82, 2.24) is 24.4 Å². The van der Waals surface area contributed by atoms with E-state index >= 15 is 0 Å². The van der Waals surface area contributed by atoms with Crippen LogP contribution in [0.2, 0.25) is 0 Å². The molecular formula is C16H23N5. The van der Waals surface area contributed by atoms with E-state index in [0.29, 0.717) is 6.04 Å². The van der Waals surface area contributed by atoms with Crippen LogP contribution in [0.3, 0.4) is 0 Å². The molecule has 0 radical (unpaired) electrons. The number of piperidine rings is 1. The molecule has 3 heterocycles. The second kappa shape index (κ2) is 6.35. The third-order valence-corrected chi connectivity index (χ3v) is 4.24. The fraction of sp³-hybridized carbons (Fsp3) is 0.562. The minimum Gasteiger partial charge on any atom is -0.334 e. The van der Waals surface area contributed by atoms with Crippen molar-refractivity contribution in [2.75, 3.05) is 6.54 Å². The molecule has 2 aromatic heterocycles. The van der Waals surface area contributed by atoms with Gasteiger partial charge in [0.25, 0.3) is 0 Å². The highest BCUT2D eigenvalue weighted by Gasteiger charge is 2.26. The topological polar surface area (TPSA) is 46.8 Å². The van der Waals surface area contributed by atoms with E-state index in [0.717, 1.165) is 37.0 Å². The summed E-state index contributed by atoms with van der Waals surface area (Å²) in [6.07, 6.45) is 9.52. The molecule has 5 nitrogen and oxygen atoms in total. The van der Waals surface area contributed by atoms with Gasteiger partial charge in [0.15, 0.2) is 0 Å². The van der Waals surface area contributed by atoms with Crippen LogP contribution in [0, 0.1) is 6.92 Å². The zero-order valence-electron chi connectivity index (χ0n) is 12.9. The van der Waals surface area contributed by atoms with Gasteiger partial charge in [-0.25, -0.2) is 15.0 Å². The largest absolute Gasteiger partial charge is 0.334 e. The monoisotopic (exact) mass is 285 g/mol. The zero-order chi connectivity index (χ0) is 14.7. The van der Waals surface area contributed by atoms with Gasteiger partial charge in [-0.1, -0.05) is 6.42 Å². The lowest BCUT2D eigenvalue weighted by molar-refractivity contribution is 0.132. The van der Waals surface area contributed by atoms with Gasteiger partial charge in [0.1, 0.15) is 11.6 Å². The minimum atomic E-state index is 0.391. The number of imidazole rings is 1. The van der Waals surface area contributed by atoms with E-state index in [4.69, 9.17) is 0 Å². The number of hydrogen-bond donors (Lipinski definition) is 0. The third-order valence-electron chi connectivity index (χ3n) is 4.24. The van der Waals surface area contributed by atoms with E-state index in [-0.39, 0.29) is 0 Å². The first-order chi connectivity index (χ1) is 10.3. The van der Waals surface area contributed by atoms with Gasteiger partial charge in [0.05, 0.1) is 18.3 Å². The van der Waals surface area contributed by atoms with E-state index in [2.05, 4.69) is 43.6 Å². The van der Waals surface area contributed by atoms with Crippen molar-refractivity contribution in [2.45, 2.75) is 52.2 Å². The normalized spacial score (nSPS) is 19.8. The average molecular weight is 285 g/mol. The van der Waals surface area contributed by atoms with Crippen LogP contribution >= 0.6 is 0 Å². The molecule has 1 aliphatic heterocycles. The molecule has 1 saturated heterocycles. The molecule has 2 aromatic rings. The molecule has 0 amide bonds. The van der Waals surface area contributed by atoms with Crippen LogP contribution in [-0.4, -0.2) is 31.0 Å². The van der Waals surface area contributed by atoms with Crippen molar-refractivity contribution in [3.63, 3.8) is 0 Å². The highest BCUT2D eigenvalue weighted by Crippen LogP contribution is 2.30. The Labute approximate surface area is 126 Å². The minimum absolute atomic E-state index is 0.391. The first-order valence-electron chi connectivity index (χ1n) is 7.81. The number of likely N-dealkylation sites (tertiary alicyclic amines) is 1. The van der Waals surface area contributed by atoms with Crippen LogP contribution in [-0.2, 0) is 13.1 Å². The average Bonchev–Trinajstić information content (AvgIpc) is 2.95. The summed E-state index contributed by atoms with van der Waals surface area (Å²) in [6.45, 7) is 7.10. The summed E-state index contributed by atoms with van der Waals surface area (Å²) in [7, 11) is 0. The smallest absolute Gasteiger partial charge is 0.125 e. The Bertz CT molecular complexity index is 592. The number of nitrogens with zero attached hydrogens (tertiary/aromatic N) is 5. The van der Waals surface area contributed by atoms with Gasteiger partial charge < -0.3 is 4.57 Å². The van der Waals surface area contributed by atoms with Crippen molar-refractivity contribution in [3.8, 4) is 0 Å². The maximum Gasteiger partial charge on any atom is 0.125 e. The van der Waals surface area contributed by atoms with Crippen LogP contribution in [0.25, 0.3) is 0 Å². The van der Waals surface area contributed by atoms with E-state index in [1.54, 1.807) is 0 Å². The molecule has 0 saturated carbocycles. The third kappa shape index (κ3) is 3.13. The summed E-state index contributed by atoms with van der Waals surface area (Å²) in [5.41, 5.74) is 1.15. The Kier molecular flexibility index (Phi) is 4.29. The molecule has 1 aliphatic rings. The van der Waals surface area contributed by atoms with Gasteiger partial charge in [-0.05, 0) is 39.3 Å². The fourth-order valence-corrected chi connectivity index (χ4v) is 3.14. The highest BCUT2D eigenvalue weighted by atomic mass is 15.2. The summed E-state index contributed by atoms with van der Waals surface area (Å²) in [5, 5.41) is 0. The molecule has 0 aromatic carbocycles. The second-order valence-electron chi connectivity index (χ2n) is 5.64. The van der Waals surface area contributed by atoms with Crippen LogP contribution < -0.4 is 0 Å². The molecule has 0 N–H and O–H groups in total. The maximum absolute atomic E-state index is 4.64. The Balaban J connectivity index is 1.81. The number of aromatic nitrogens is 4. The molecule has 0 bridgehead atoms. The molecule has 112 valence electrons. The summed E-state index contributed by atoms with van der Waals surface area (Å²) in [6, 6.07) is 2.45. The van der Waals surface area contributed by atoms with Crippen LogP contribution in [0.5, 0.6) is 0 Å². The van der Waals surface area contributed by atoms with Gasteiger partial charge in [-0.2, -0.15) is 0 Å². The molecule has 0 aliphatic carbocycles. The number of hydrogen-bond acceptors (Lipinski definition) is 4. The van der Waals surface area contributed by atoms with Gasteiger partial charge in [0.2, 0.25) is 0 Å². The molecular weight excluding hydrogens is 262 g/mol. The highest BCUT2D eigenvalue weighted by molar-refractivity contribution is 5.09. The molecule has 1 atom stereocenters. The Morgan fingerprint density at radius 3 is 2.95 bits per heavy atom. The lowest BCUT2D eigenvalue weighted by atomic mass is 9.99. The number of rotatable bonds is 4. The first kappa shape index (κ1) is 14.2. The zero-order valence-corrected chi connectivity index (χ0v) is 12.9. The van der Waals surface area contributed by atoms with Crippen molar-refractivity contribution in [1.29, 1.82) is 0 Å². The van der Waals surface area contributed by atoms with Crippen molar-refractivity contribution < 1.29 is 0 Å². The quantitative estimate of drug-likeness (QED) is 0.866. The van der Waals surface area contributed by atoms with Gasteiger partial charge in [-0.15, -0.1) is 0 Å². The lowest BCUT2D eigenvalue weighted by Crippen LogP contribution is -2.34. The molecule has 1 fully saturated rings. The van der Waals surface area contributed by atoms with Gasteiger partial charge >= 0.3 is 0 Å². The lowest BCUT2D eigenvalue weighted by Gasteiger charge is -2.35. The summed E-state index contributed by atoms with van der Waals surface area (Å²) in [4.78, 5) is 15.9. The van der Waals surface area contributed by atoms with Gasteiger partial charge in [0, 0.05) is 25.1 Å². The maximum atomic E-state index is 4.64. The number of aryl methyl sites for hydroxylation is 2.